The second-order valence-electron chi connectivity index (χ2n) is 7.81. The second kappa shape index (κ2) is 20.1. The van der Waals surface area contributed by atoms with Crippen LogP contribution < -0.4 is 0 Å². The predicted molar refractivity (Wildman–Crippen MR) is 114 cm³/mol. The summed E-state index contributed by atoms with van der Waals surface area (Å²) in [6, 6.07) is 0. The number of rotatable bonds is 21. The van der Waals surface area contributed by atoms with Crippen LogP contribution in [-0.2, 0) is 38.0 Å². The van der Waals surface area contributed by atoms with Crippen LogP contribution in [0.5, 0.6) is 0 Å². The molecule has 9 nitrogen and oxygen atoms in total. The summed E-state index contributed by atoms with van der Waals surface area (Å²) in [6.45, 7) is 12.7. The fourth-order valence-electron chi connectivity index (χ4n) is 2.00. The third kappa shape index (κ3) is 25.2. The third-order valence-corrected chi connectivity index (χ3v) is 3.41. The van der Waals surface area contributed by atoms with Crippen molar-refractivity contribution >= 4 is 5.97 Å². The topological polar surface area (TPSA) is 84.9 Å². The molecule has 180 valence electrons. The van der Waals surface area contributed by atoms with Crippen molar-refractivity contribution in [3.05, 3.63) is 0 Å². The maximum atomic E-state index is 11.5. The first-order valence-electron chi connectivity index (χ1n) is 10.6. The van der Waals surface area contributed by atoms with E-state index in [1.165, 1.54) is 0 Å². The van der Waals surface area contributed by atoms with E-state index in [0.717, 1.165) is 13.2 Å². The lowest BCUT2D eigenvalue weighted by atomic mass is 10.2. The number of carbonyl (C=O) groups excluding carboxylic acids is 1. The van der Waals surface area contributed by atoms with E-state index in [2.05, 4.69) is 4.90 Å². The Bertz CT molecular complexity index is 388. The van der Waals surface area contributed by atoms with Crippen molar-refractivity contribution in [2.45, 2.75) is 32.8 Å². The predicted octanol–water partition coefficient (Wildman–Crippen LogP) is 1.38. The van der Waals surface area contributed by atoms with Crippen LogP contribution in [0.1, 0.15) is 27.2 Å². The van der Waals surface area contributed by atoms with Gasteiger partial charge in [-0.25, -0.2) is 0 Å². The molecule has 0 saturated carbocycles. The number of hydrogen-bond acceptors (Lipinski definition) is 9. The zero-order valence-electron chi connectivity index (χ0n) is 19.6. The van der Waals surface area contributed by atoms with E-state index in [-0.39, 0.29) is 12.4 Å². The van der Waals surface area contributed by atoms with Crippen molar-refractivity contribution in [3.8, 4) is 0 Å². The van der Waals surface area contributed by atoms with Gasteiger partial charge in [-0.05, 0) is 34.9 Å². The molecule has 0 aromatic heterocycles. The van der Waals surface area contributed by atoms with E-state index in [1.54, 1.807) is 0 Å². The molecule has 0 aliphatic heterocycles. The van der Waals surface area contributed by atoms with E-state index in [1.807, 2.05) is 34.9 Å². The van der Waals surface area contributed by atoms with Gasteiger partial charge in [0.25, 0.3) is 0 Å². The van der Waals surface area contributed by atoms with Crippen molar-refractivity contribution in [3.63, 3.8) is 0 Å². The fourth-order valence-corrected chi connectivity index (χ4v) is 2.00. The highest BCUT2D eigenvalue weighted by Gasteiger charge is 2.15. The van der Waals surface area contributed by atoms with Gasteiger partial charge in [0.05, 0.1) is 85.7 Å². The van der Waals surface area contributed by atoms with Gasteiger partial charge in [-0.2, -0.15) is 0 Å². The Labute approximate surface area is 182 Å². The summed E-state index contributed by atoms with van der Waals surface area (Å²) < 4.78 is 37.6. The van der Waals surface area contributed by atoms with Gasteiger partial charge in [0, 0.05) is 6.54 Å². The Morgan fingerprint density at radius 2 is 0.933 bits per heavy atom. The fraction of sp³-hybridized carbons (Fsp3) is 0.952. The second-order valence-corrected chi connectivity index (χ2v) is 7.81. The van der Waals surface area contributed by atoms with Gasteiger partial charge in [0.15, 0.2) is 0 Å². The standard InChI is InChI=1S/C21H43NO8/c1-21(2,3)30-20(23)6-8-24-10-12-26-14-16-28-18-19-29-17-15-27-13-11-25-9-7-22(4)5/h6-19H2,1-5H3. The molecule has 0 fully saturated rings. The van der Waals surface area contributed by atoms with Gasteiger partial charge in [-0.1, -0.05) is 0 Å². The lowest BCUT2D eigenvalue weighted by molar-refractivity contribution is -0.156. The average Bonchev–Trinajstić information content (AvgIpc) is 2.64. The molecule has 0 atom stereocenters. The summed E-state index contributed by atoms with van der Waals surface area (Å²) in [6.07, 6.45) is 0.246. The molecule has 30 heavy (non-hydrogen) atoms. The van der Waals surface area contributed by atoms with Crippen LogP contribution in [0.2, 0.25) is 0 Å². The van der Waals surface area contributed by atoms with Crippen molar-refractivity contribution in [1.29, 1.82) is 0 Å². The lowest BCUT2D eigenvalue weighted by Gasteiger charge is -2.19. The Balaban J connectivity index is 3.12. The molecule has 0 saturated heterocycles. The molecule has 0 aromatic rings. The molecule has 0 rings (SSSR count). The molecular weight excluding hydrogens is 394 g/mol. The zero-order valence-corrected chi connectivity index (χ0v) is 19.6. The summed E-state index contributed by atoms with van der Waals surface area (Å²) in [5.74, 6) is -0.254. The molecular formula is C21H43NO8. The minimum atomic E-state index is -0.458. The highest BCUT2D eigenvalue weighted by atomic mass is 16.6. The molecule has 0 heterocycles. The van der Waals surface area contributed by atoms with Crippen molar-refractivity contribution in [1.82, 2.24) is 4.90 Å². The van der Waals surface area contributed by atoms with E-state index in [0.29, 0.717) is 72.7 Å². The number of likely N-dealkylation sites (N-methyl/N-ethyl adjacent to an activating group) is 1. The molecule has 0 aromatic carbocycles. The SMILES string of the molecule is CN(C)CCOCCOCCOCCOCCOCCOCCC(=O)OC(C)(C)C. The summed E-state index contributed by atoms with van der Waals surface area (Å²) in [4.78, 5) is 13.6. The van der Waals surface area contributed by atoms with Gasteiger partial charge >= 0.3 is 5.97 Å². The molecule has 0 bridgehead atoms. The van der Waals surface area contributed by atoms with Crippen LogP contribution in [0.3, 0.4) is 0 Å². The maximum Gasteiger partial charge on any atom is 0.308 e. The van der Waals surface area contributed by atoms with E-state index in [4.69, 9.17) is 33.2 Å². The number of ether oxygens (including phenoxy) is 7. The molecule has 0 N–H and O–H groups in total. The average molecular weight is 438 g/mol. The molecule has 9 heteroatoms. The lowest BCUT2D eigenvalue weighted by Crippen LogP contribution is -2.24. The first kappa shape index (κ1) is 29.2. The minimum absolute atomic E-state index is 0.246. The Kier molecular flexibility index (Phi) is 19.6. The highest BCUT2D eigenvalue weighted by Crippen LogP contribution is 2.07. The number of esters is 1. The van der Waals surface area contributed by atoms with E-state index < -0.39 is 5.60 Å². The summed E-state index contributed by atoms with van der Waals surface area (Å²) in [5.41, 5.74) is -0.458. The van der Waals surface area contributed by atoms with Gasteiger partial charge in [-0.3, -0.25) is 4.79 Å². The number of carbonyl (C=O) groups is 1. The van der Waals surface area contributed by atoms with Gasteiger partial charge < -0.3 is 38.1 Å². The molecule has 0 aliphatic carbocycles. The molecule has 0 radical (unpaired) electrons. The summed E-state index contributed by atoms with van der Waals surface area (Å²) >= 11 is 0. The van der Waals surface area contributed by atoms with E-state index in [9.17, 15) is 4.79 Å². The summed E-state index contributed by atoms with van der Waals surface area (Å²) in [5, 5.41) is 0. The molecule has 0 spiro atoms. The Hall–Kier alpha value is -0.810. The van der Waals surface area contributed by atoms with Crippen molar-refractivity contribution < 1.29 is 38.0 Å². The van der Waals surface area contributed by atoms with Gasteiger partial charge in [0.1, 0.15) is 5.60 Å². The van der Waals surface area contributed by atoms with Crippen molar-refractivity contribution in [2.24, 2.45) is 0 Å². The number of hydrogen-bond donors (Lipinski definition) is 0. The van der Waals surface area contributed by atoms with Crippen LogP contribution >= 0.6 is 0 Å². The van der Waals surface area contributed by atoms with Crippen LogP contribution in [-0.4, -0.2) is 116 Å². The molecule has 0 unspecified atom stereocenters. The molecule has 0 aliphatic rings. The van der Waals surface area contributed by atoms with E-state index >= 15 is 0 Å². The zero-order chi connectivity index (χ0) is 22.5. The minimum Gasteiger partial charge on any atom is -0.460 e. The maximum absolute atomic E-state index is 11.5. The molecule has 0 amide bonds. The van der Waals surface area contributed by atoms with Crippen LogP contribution in [0, 0.1) is 0 Å². The Morgan fingerprint density at radius 3 is 1.27 bits per heavy atom. The highest BCUT2D eigenvalue weighted by molar-refractivity contribution is 5.69. The van der Waals surface area contributed by atoms with Crippen molar-refractivity contribution in [2.75, 3.05) is 99.9 Å². The largest absolute Gasteiger partial charge is 0.460 e. The van der Waals surface area contributed by atoms with Crippen LogP contribution in [0.15, 0.2) is 0 Å². The first-order chi connectivity index (χ1) is 14.3. The summed E-state index contributed by atoms with van der Waals surface area (Å²) in [7, 11) is 4.03. The van der Waals surface area contributed by atoms with Crippen LogP contribution in [0.4, 0.5) is 0 Å². The number of nitrogens with zero attached hydrogens (tertiary/aromatic N) is 1. The quantitative estimate of drug-likeness (QED) is 0.195. The Morgan fingerprint density at radius 1 is 0.600 bits per heavy atom. The van der Waals surface area contributed by atoms with Gasteiger partial charge in [0.2, 0.25) is 0 Å². The van der Waals surface area contributed by atoms with Gasteiger partial charge in [-0.15, -0.1) is 0 Å². The first-order valence-corrected chi connectivity index (χ1v) is 10.6. The normalized spacial score (nSPS) is 11.9. The third-order valence-electron chi connectivity index (χ3n) is 3.41. The smallest absolute Gasteiger partial charge is 0.308 e. The van der Waals surface area contributed by atoms with Crippen LogP contribution in [0.25, 0.3) is 0 Å². The monoisotopic (exact) mass is 437 g/mol.